The van der Waals surface area contributed by atoms with Crippen molar-refractivity contribution in [2.24, 2.45) is 0 Å². The Morgan fingerprint density at radius 3 is 3.00 bits per heavy atom. The number of methoxy groups -OCH3 is 1. The molecule has 0 atom stereocenters. The van der Waals surface area contributed by atoms with E-state index in [1.807, 2.05) is 0 Å². The standard InChI is InChI=1S/C6H5FNO/c1-9-6-4-5(7)2-3-8-6/h3-4H,1H3. The van der Waals surface area contributed by atoms with Crippen LogP contribution in [0.4, 0.5) is 4.39 Å². The largest absolute Gasteiger partial charge is 0.481 e. The second-order valence-corrected chi connectivity index (χ2v) is 1.44. The first kappa shape index (κ1) is 6.01. The Bertz CT molecular complexity index is 202. The summed E-state index contributed by atoms with van der Waals surface area (Å²) in [4.78, 5) is 3.64. The summed E-state index contributed by atoms with van der Waals surface area (Å²) in [5.41, 5.74) is 0. The fourth-order valence-electron chi connectivity index (χ4n) is 0.457. The van der Waals surface area contributed by atoms with Crippen LogP contribution in [-0.4, -0.2) is 12.1 Å². The fourth-order valence-corrected chi connectivity index (χ4v) is 0.457. The van der Waals surface area contributed by atoms with Crippen molar-refractivity contribution in [2.75, 3.05) is 7.11 Å². The van der Waals surface area contributed by atoms with Crippen LogP contribution in [0, 0.1) is 11.9 Å². The van der Waals surface area contributed by atoms with Gasteiger partial charge < -0.3 is 4.74 Å². The van der Waals surface area contributed by atoms with Crippen LogP contribution in [0.15, 0.2) is 12.3 Å². The lowest BCUT2D eigenvalue weighted by Crippen LogP contribution is -1.86. The Labute approximate surface area is 52.3 Å². The molecule has 0 aromatic carbocycles. The van der Waals surface area contributed by atoms with Gasteiger partial charge in [-0.15, -0.1) is 0 Å². The van der Waals surface area contributed by atoms with Crippen LogP contribution in [0.5, 0.6) is 5.88 Å². The zero-order valence-corrected chi connectivity index (χ0v) is 4.89. The molecule has 2 nitrogen and oxygen atoms in total. The fraction of sp³-hybridized carbons (Fsp3) is 0.167. The molecule has 1 aromatic heterocycles. The summed E-state index contributed by atoms with van der Waals surface area (Å²) in [5, 5.41) is 0. The van der Waals surface area contributed by atoms with Gasteiger partial charge in [-0.2, -0.15) is 0 Å². The van der Waals surface area contributed by atoms with Crippen LogP contribution in [-0.2, 0) is 0 Å². The van der Waals surface area contributed by atoms with E-state index in [0.29, 0.717) is 0 Å². The molecule has 47 valence electrons. The molecule has 9 heavy (non-hydrogen) atoms. The maximum atomic E-state index is 12.2. The Hall–Kier alpha value is -1.12. The van der Waals surface area contributed by atoms with Crippen molar-refractivity contribution in [3.05, 3.63) is 24.1 Å². The second kappa shape index (κ2) is 2.44. The first-order valence-electron chi connectivity index (χ1n) is 2.40. The molecule has 0 saturated heterocycles. The normalized spacial score (nSPS) is 9.11. The van der Waals surface area contributed by atoms with Crippen LogP contribution in [0.25, 0.3) is 0 Å². The predicted octanol–water partition coefficient (Wildman–Crippen LogP) is 1.03. The molecular weight excluding hydrogens is 121 g/mol. The minimum atomic E-state index is -0.457. The maximum Gasteiger partial charge on any atom is 0.215 e. The van der Waals surface area contributed by atoms with Crippen LogP contribution in [0.1, 0.15) is 0 Å². The van der Waals surface area contributed by atoms with Crippen molar-refractivity contribution < 1.29 is 9.13 Å². The highest BCUT2D eigenvalue weighted by Gasteiger charge is 1.92. The van der Waals surface area contributed by atoms with E-state index in [0.717, 1.165) is 0 Å². The summed E-state index contributed by atoms with van der Waals surface area (Å²) in [7, 11) is 1.43. The van der Waals surface area contributed by atoms with Crippen LogP contribution in [0.3, 0.4) is 0 Å². The molecule has 0 saturated carbocycles. The number of halogens is 1. The topological polar surface area (TPSA) is 22.1 Å². The molecule has 0 aliphatic carbocycles. The molecule has 1 rings (SSSR count). The van der Waals surface area contributed by atoms with Gasteiger partial charge in [-0.1, -0.05) is 0 Å². The van der Waals surface area contributed by atoms with E-state index in [9.17, 15) is 4.39 Å². The van der Waals surface area contributed by atoms with Crippen LogP contribution >= 0.6 is 0 Å². The second-order valence-electron chi connectivity index (χ2n) is 1.44. The maximum absolute atomic E-state index is 12.2. The summed E-state index contributed by atoms with van der Waals surface area (Å²) >= 11 is 0. The SMILES string of the molecule is COc1cc(F)[c]cn1. The van der Waals surface area contributed by atoms with Gasteiger partial charge in [0.2, 0.25) is 5.88 Å². The van der Waals surface area contributed by atoms with Crippen molar-refractivity contribution in [3.63, 3.8) is 0 Å². The first-order chi connectivity index (χ1) is 4.33. The van der Waals surface area contributed by atoms with Crippen molar-refractivity contribution in [3.8, 4) is 5.88 Å². The Balaban J connectivity index is 2.94. The van der Waals surface area contributed by atoms with E-state index >= 15 is 0 Å². The molecule has 1 heterocycles. The number of pyridine rings is 1. The molecule has 0 bridgehead atoms. The lowest BCUT2D eigenvalue weighted by Gasteiger charge is -1.94. The first-order valence-corrected chi connectivity index (χ1v) is 2.40. The van der Waals surface area contributed by atoms with Crippen molar-refractivity contribution in [1.29, 1.82) is 0 Å². The Morgan fingerprint density at radius 2 is 2.56 bits per heavy atom. The number of ether oxygens (including phenoxy) is 1. The molecular formula is C6H5FNO. The lowest BCUT2D eigenvalue weighted by molar-refractivity contribution is 0.394. The van der Waals surface area contributed by atoms with E-state index in [1.54, 1.807) is 0 Å². The van der Waals surface area contributed by atoms with Gasteiger partial charge in [0.1, 0.15) is 5.82 Å². The van der Waals surface area contributed by atoms with E-state index in [-0.39, 0.29) is 5.88 Å². The number of hydrogen-bond donors (Lipinski definition) is 0. The Kier molecular flexibility index (Phi) is 1.63. The van der Waals surface area contributed by atoms with E-state index in [1.165, 1.54) is 19.4 Å². The summed E-state index contributed by atoms with van der Waals surface area (Å²) in [6, 6.07) is 3.41. The van der Waals surface area contributed by atoms with Gasteiger partial charge in [0, 0.05) is 18.3 Å². The highest BCUT2D eigenvalue weighted by atomic mass is 19.1. The molecule has 0 fully saturated rings. The molecule has 1 aromatic rings. The van der Waals surface area contributed by atoms with Gasteiger partial charge in [0.15, 0.2) is 0 Å². The molecule has 0 aliphatic heterocycles. The van der Waals surface area contributed by atoms with Gasteiger partial charge in [-0.25, -0.2) is 9.37 Å². The Morgan fingerprint density at radius 1 is 1.78 bits per heavy atom. The van der Waals surface area contributed by atoms with E-state index < -0.39 is 5.82 Å². The molecule has 0 aliphatic rings. The molecule has 0 N–H and O–H groups in total. The van der Waals surface area contributed by atoms with Gasteiger partial charge in [-0.3, -0.25) is 0 Å². The third-order valence-electron chi connectivity index (χ3n) is 0.854. The quantitative estimate of drug-likeness (QED) is 0.560. The van der Waals surface area contributed by atoms with Gasteiger partial charge in [0.25, 0.3) is 0 Å². The van der Waals surface area contributed by atoms with E-state index in [2.05, 4.69) is 15.8 Å². The smallest absolute Gasteiger partial charge is 0.215 e. The number of aromatic nitrogens is 1. The van der Waals surface area contributed by atoms with Gasteiger partial charge >= 0.3 is 0 Å². The summed E-state index contributed by atoms with van der Waals surface area (Å²) in [5.74, 6) is -0.187. The monoisotopic (exact) mass is 126 g/mol. The average Bonchev–Trinajstić information content (AvgIpc) is 1.88. The highest BCUT2D eigenvalue weighted by molar-refractivity contribution is 5.09. The molecule has 0 amide bonds. The zero-order valence-electron chi connectivity index (χ0n) is 4.89. The zero-order chi connectivity index (χ0) is 6.69. The van der Waals surface area contributed by atoms with Crippen molar-refractivity contribution in [2.45, 2.75) is 0 Å². The minimum absolute atomic E-state index is 0.270. The van der Waals surface area contributed by atoms with Crippen molar-refractivity contribution in [1.82, 2.24) is 4.98 Å². The minimum Gasteiger partial charge on any atom is -0.481 e. The summed E-state index contributed by atoms with van der Waals surface area (Å²) in [6.07, 6.45) is 1.23. The van der Waals surface area contributed by atoms with Crippen LogP contribution < -0.4 is 4.74 Å². The highest BCUT2D eigenvalue weighted by Crippen LogP contribution is 2.04. The lowest BCUT2D eigenvalue weighted by atomic mass is 10.5. The molecule has 3 heteroatoms. The predicted molar refractivity (Wildman–Crippen MR) is 29.6 cm³/mol. The average molecular weight is 126 g/mol. The number of rotatable bonds is 1. The molecule has 1 radical (unpaired) electrons. The number of hydrogen-bond acceptors (Lipinski definition) is 2. The number of nitrogens with zero attached hydrogens (tertiary/aromatic N) is 1. The summed E-state index contributed by atoms with van der Waals surface area (Å²) in [6.45, 7) is 0. The summed E-state index contributed by atoms with van der Waals surface area (Å²) < 4.78 is 16.8. The van der Waals surface area contributed by atoms with Gasteiger partial charge in [0.05, 0.1) is 7.11 Å². The molecule has 0 spiro atoms. The third-order valence-corrected chi connectivity index (χ3v) is 0.854. The van der Waals surface area contributed by atoms with Crippen molar-refractivity contribution >= 4 is 0 Å². The van der Waals surface area contributed by atoms with Gasteiger partial charge in [-0.05, 0) is 0 Å². The van der Waals surface area contributed by atoms with Crippen LogP contribution in [0.2, 0.25) is 0 Å². The molecule has 0 unspecified atom stereocenters. The third kappa shape index (κ3) is 1.38. The van der Waals surface area contributed by atoms with E-state index in [4.69, 9.17) is 0 Å².